The average Bonchev–Trinajstić information content (AvgIpc) is 2.32. The van der Waals surface area contributed by atoms with Crippen LogP contribution in [0.25, 0.3) is 0 Å². The molecule has 0 aliphatic rings. The minimum atomic E-state index is -1.05. The molecule has 1 amide bonds. The van der Waals surface area contributed by atoms with Crippen molar-refractivity contribution in [3.8, 4) is 0 Å². The van der Waals surface area contributed by atoms with Crippen molar-refractivity contribution in [2.24, 2.45) is 0 Å². The predicted molar refractivity (Wildman–Crippen MR) is 83.8 cm³/mol. The summed E-state index contributed by atoms with van der Waals surface area (Å²) in [4.78, 5) is 22.7. The molecule has 0 aliphatic heterocycles. The van der Waals surface area contributed by atoms with Crippen LogP contribution in [-0.2, 0) is 14.3 Å². The standard InChI is InChI=1S/C14H27NO5S/c1-10(6-8-19-5)21-9-7-11(12(16)17)15-13(18)20-14(2,3)4/h10-11H,6-9H2,1-5H3,(H,15,18)(H,16,17). The third-order valence-electron chi connectivity index (χ3n) is 2.53. The Morgan fingerprint density at radius 3 is 2.38 bits per heavy atom. The number of methoxy groups -OCH3 is 1. The van der Waals surface area contributed by atoms with E-state index in [2.05, 4.69) is 12.2 Å². The first-order chi connectivity index (χ1) is 9.65. The van der Waals surface area contributed by atoms with Gasteiger partial charge in [0.15, 0.2) is 0 Å². The van der Waals surface area contributed by atoms with Crippen LogP contribution in [0.15, 0.2) is 0 Å². The highest BCUT2D eigenvalue weighted by molar-refractivity contribution is 7.99. The van der Waals surface area contributed by atoms with Gasteiger partial charge in [-0.3, -0.25) is 0 Å². The zero-order valence-corrected chi connectivity index (χ0v) is 14.3. The Kier molecular flexibility index (Phi) is 9.44. The van der Waals surface area contributed by atoms with Gasteiger partial charge in [0.25, 0.3) is 0 Å². The van der Waals surface area contributed by atoms with E-state index in [1.54, 1.807) is 39.6 Å². The third-order valence-corrected chi connectivity index (χ3v) is 3.80. The van der Waals surface area contributed by atoms with Crippen molar-refractivity contribution in [3.63, 3.8) is 0 Å². The summed E-state index contributed by atoms with van der Waals surface area (Å²) in [6.45, 7) is 7.95. The molecule has 6 nitrogen and oxygen atoms in total. The highest BCUT2D eigenvalue weighted by Gasteiger charge is 2.23. The number of carbonyl (C=O) groups excluding carboxylic acids is 1. The Hall–Kier alpha value is -0.950. The quantitative estimate of drug-likeness (QED) is 0.679. The van der Waals surface area contributed by atoms with E-state index in [0.29, 0.717) is 24.0 Å². The van der Waals surface area contributed by atoms with Gasteiger partial charge in [-0.25, -0.2) is 9.59 Å². The van der Waals surface area contributed by atoms with Crippen molar-refractivity contribution in [2.45, 2.75) is 57.4 Å². The molecule has 0 aromatic carbocycles. The zero-order valence-electron chi connectivity index (χ0n) is 13.5. The minimum absolute atomic E-state index is 0.358. The zero-order chi connectivity index (χ0) is 16.5. The predicted octanol–water partition coefficient (Wildman–Crippen LogP) is 2.51. The molecular weight excluding hydrogens is 294 g/mol. The van der Waals surface area contributed by atoms with Crippen LogP contribution < -0.4 is 5.32 Å². The van der Waals surface area contributed by atoms with Crippen LogP contribution in [0.1, 0.15) is 40.5 Å². The second kappa shape index (κ2) is 9.89. The smallest absolute Gasteiger partial charge is 0.408 e. The van der Waals surface area contributed by atoms with Crippen molar-refractivity contribution in [1.29, 1.82) is 0 Å². The lowest BCUT2D eigenvalue weighted by atomic mass is 10.2. The minimum Gasteiger partial charge on any atom is -0.480 e. The van der Waals surface area contributed by atoms with E-state index < -0.39 is 23.7 Å². The van der Waals surface area contributed by atoms with E-state index in [1.807, 2.05) is 0 Å². The lowest BCUT2D eigenvalue weighted by Crippen LogP contribution is -2.43. The molecule has 0 saturated heterocycles. The maximum absolute atomic E-state index is 11.6. The largest absolute Gasteiger partial charge is 0.480 e. The van der Waals surface area contributed by atoms with E-state index in [1.165, 1.54) is 0 Å². The summed E-state index contributed by atoms with van der Waals surface area (Å²) in [6, 6.07) is -0.929. The van der Waals surface area contributed by atoms with E-state index in [-0.39, 0.29) is 0 Å². The van der Waals surface area contributed by atoms with E-state index in [0.717, 1.165) is 6.42 Å². The van der Waals surface area contributed by atoms with E-state index in [9.17, 15) is 9.59 Å². The summed E-state index contributed by atoms with van der Waals surface area (Å²) >= 11 is 1.67. The molecule has 0 aromatic heterocycles. The summed E-state index contributed by atoms with van der Waals surface area (Å²) < 4.78 is 10.1. The average molecular weight is 321 g/mol. The van der Waals surface area contributed by atoms with Gasteiger partial charge in [-0.2, -0.15) is 11.8 Å². The number of carboxylic acid groups (broad SMARTS) is 1. The number of amides is 1. The van der Waals surface area contributed by atoms with Gasteiger partial charge in [0.05, 0.1) is 0 Å². The molecule has 21 heavy (non-hydrogen) atoms. The number of carboxylic acids is 1. The number of ether oxygens (including phenoxy) is 2. The summed E-state index contributed by atoms with van der Waals surface area (Å²) in [5.41, 5.74) is -0.642. The maximum atomic E-state index is 11.6. The molecule has 124 valence electrons. The van der Waals surface area contributed by atoms with Gasteiger partial charge in [0, 0.05) is 19.0 Å². The first-order valence-electron chi connectivity index (χ1n) is 6.98. The monoisotopic (exact) mass is 321 g/mol. The second-order valence-electron chi connectivity index (χ2n) is 5.79. The Morgan fingerprint density at radius 2 is 1.90 bits per heavy atom. The molecule has 0 spiro atoms. The summed E-state index contributed by atoms with van der Waals surface area (Å²) in [6.07, 6.45) is 0.571. The Labute approximate surface area is 131 Å². The van der Waals surface area contributed by atoms with Crippen LogP contribution in [0.4, 0.5) is 4.79 Å². The number of nitrogens with one attached hydrogen (secondary N) is 1. The van der Waals surface area contributed by atoms with Crippen molar-refractivity contribution in [1.82, 2.24) is 5.32 Å². The fourth-order valence-electron chi connectivity index (χ4n) is 1.46. The van der Waals surface area contributed by atoms with Crippen molar-refractivity contribution >= 4 is 23.8 Å². The van der Waals surface area contributed by atoms with Crippen molar-refractivity contribution in [2.75, 3.05) is 19.5 Å². The van der Waals surface area contributed by atoms with E-state index >= 15 is 0 Å². The van der Waals surface area contributed by atoms with Crippen molar-refractivity contribution < 1.29 is 24.2 Å². The SMILES string of the molecule is COCCC(C)SCCC(NC(=O)OC(C)(C)C)C(=O)O. The lowest BCUT2D eigenvalue weighted by Gasteiger charge is -2.22. The number of alkyl carbamates (subject to hydrolysis) is 1. The Bertz CT molecular complexity index is 330. The van der Waals surface area contributed by atoms with Gasteiger partial charge in [0.2, 0.25) is 0 Å². The number of hydrogen-bond donors (Lipinski definition) is 2. The number of carbonyl (C=O) groups is 2. The highest BCUT2D eigenvalue weighted by Crippen LogP contribution is 2.16. The molecule has 0 aliphatic carbocycles. The molecule has 7 heteroatoms. The summed E-state index contributed by atoms with van der Waals surface area (Å²) in [5, 5.41) is 11.9. The van der Waals surface area contributed by atoms with Gasteiger partial charge in [0.1, 0.15) is 11.6 Å². The molecule has 0 heterocycles. The number of hydrogen-bond acceptors (Lipinski definition) is 5. The van der Waals surface area contributed by atoms with Crippen LogP contribution >= 0.6 is 11.8 Å². The Morgan fingerprint density at radius 1 is 1.29 bits per heavy atom. The van der Waals surface area contributed by atoms with Crippen LogP contribution in [0.5, 0.6) is 0 Å². The topological polar surface area (TPSA) is 84.9 Å². The van der Waals surface area contributed by atoms with Crippen LogP contribution in [0, 0.1) is 0 Å². The van der Waals surface area contributed by atoms with E-state index in [4.69, 9.17) is 14.6 Å². The van der Waals surface area contributed by atoms with Crippen LogP contribution in [0.3, 0.4) is 0 Å². The third kappa shape index (κ3) is 11.4. The molecule has 2 N–H and O–H groups in total. The highest BCUT2D eigenvalue weighted by atomic mass is 32.2. The molecule has 0 aromatic rings. The fraction of sp³-hybridized carbons (Fsp3) is 0.857. The molecule has 2 unspecified atom stereocenters. The van der Waals surface area contributed by atoms with Crippen LogP contribution in [-0.4, -0.2) is 53.5 Å². The summed E-state index contributed by atoms with van der Waals surface area (Å²) in [5.74, 6) is -0.400. The first-order valence-corrected chi connectivity index (χ1v) is 8.03. The van der Waals surface area contributed by atoms with Gasteiger partial charge >= 0.3 is 12.1 Å². The number of aliphatic carboxylic acids is 1. The first kappa shape index (κ1) is 20.1. The fourth-order valence-corrected chi connectivity index (χ4v) is 2.50. The molecular formula is C14H27NO5S. The number of thioether (sulfide) groups is 1. The second-order valence-corrected chi connectivity index (χ2v) is 7.33. The molecule has 0 bridgehead atoms. The van der Waals surface area contributed by atoms with Crippen LogP contribution in [0.2, 0.25) is 0 Å². The number of rotatable bonds is 9. The molecule has 0 rings (SSSR count). The van der Waals surface area contributed by atoms with Gasteiger partial charge in [-0.1, -0.05) is 6.92 Å². The lowest BCUT2D eigenvalue weighted by molar-refractivity contribution is -0.139. The molecule has 0 fully saturated rings. The normalized spacial score (nSPS) is 14.3. The van der Waals surface area contributed by atoms with Gasteiger partial charge in [-0.05, 0) is 39.4 Å². The molecule has 0 saturated carbocycles. The van der Waals surface area contributed by atoms with Gasteiger partial charge in [-0.15, -0.1) is 0 Å². The molecule has 0 radical (unpaired) electrons. The summed E-state index contributed by atoms with van der Waals surface area (Å²) in [7, 11) is 1.66. The maximum Gasteiger partial charge on any atom is 0.408 e. The van der Waals surface area contributed by atoms with Gasteiger partial charge < -0.3 is 19.9 Å². The molecule has 2 atom stereocenters. The van der Waals surface area contributed by atoms with Crippen molar-refractivity contribution in [3.05, 3.63) is 0 Å². The Balaban J connectivity index is 4.14.